The lowest BCUT2D eigenvalue weighted by Crippen LogP contribution is -2.34. The van der Waals surface area contributed by atoms with E-state index in [1.807, 2.05) is 6.92 Å². The van der Waals surface area contributed by atoms with E-state index in [2.05, 4.69) is 12.1 Å². The number of hydroxylamine groups is 1. The Hall–Kier alpha value is -0.910. The van der Waals surface area contributed by atoms with E-state index >= 15 is 0 Å². The van der Waals surface area contributed by atoms with Crippen molar-refractivity contribution in [1.82, 2.24) is 5.48 Å². The second-order valence-corrected chi connectivity index (χ2v) is 6.01. The summed E-state index contributed by atoms with van der Waals surface area (Å²) >= 11 is 0. The maximum absolute atomic E-state index is 11.3. The molecule has 3 atom stereocenters. The van der Waals surface area contributed by atoms with E-state index in [1.54, 1.807) is 6.92 Å². The van der Waals surface area contributed by atoms with Gasteiger partial charge in [0.15, 0.2) is 0 Å². The molecule has 5 heteroatoms. The molecule has 3 N–H and O–H groups in total. The molecule has 0 amide bonds. The third kappa shape index (κ3) is 7.07. The monoisotopic (exact) mass is 298 g/mol. The molecule has 5 nitrogen and oxygen atoms in total. The molecule has 1 fully saturated rings. The van der Waals surface area contributed by atoms with Crippen LogP contribution in [0.1, 0.15) is 46.0 Å². The van der Waals surface area contributed by atoms with Gasteiger partial charge in [0.05, 0.1) is 0 Å². The van der Waals surface area contributed by atoms with Crippen molar-refractivity contribution >= 4 is 5.97 Å². The molecule has 3 unspecified atom stereocenters. The molecule has 0 aromatic rings. The number of rotatable bonds is 9. The summed E-state index contributed by atoms with van der Waals surface area (Å²) < 4.78 is 5.11. The third-order valence-corrected chi connectivity index (χ3v) is 4.05. The Bertz CT molecular complexity index is 333. The molecule has 0 aliphatic heterocycles. The van der Waals surface area contributed by atoms with Gasteiger partial charge in [-0.25, -0.2) is 10.3 Å². The molecule has 21 heavy (non-hydrogen) atoms. The van der Waals surface area contributed by atoms with Crippen LogP contribution < -0.4 is 11.2 Å². The second kappa shape index (κ2) is 9.92. The fourth-order valence-electron chi connectivity index (χ4n) is 2.61. The van der Waals surface area contributed by atoms with Crippen molar-refractivity contribution < 1.29 is 14.4 Å². The van der Waals surface area contributed by atoms with Crippen LogP contribution in [0.2, 0.25) is 0 Å². The summed E-state index contributed by atoms with van der Waals surface area (Å²) in [4.78, 5) is 16.9. The van der Waals surface area contributed by atoms with Gasteiger partial charge in [0.25, 0.3) is 0 Å². The lowest BCUT2D eigenvalue weighted by molar-refractivity contribution is -0.146. The Labute approximate surface area is 128 Å². The van der Waals surface area contributed by atoms with Gasteiger partial charge in [-0.2, -0.15) is 0 Å². The van der Waals surface area contributed by atoms with Crippen LogP contribution in [-0.4, -0.2) is 31.8 Å². The Balaban J connectivity index is 2.19. The van der Waals surface area contributed by atoms with Gasteiger partial charge in [-0.1, -0.05) is 19.9 Å². The molecule has 1 aliphatic carbocycles. The molecule has 0 aromatic heterocycles. The van der Waals surface area contributed by atoms with Gasteiger partial charge >= 0.3 is 5.97 Å². The number of nitrogens with two attached hydrogens (primary N) is 1. The van der Waals surface area contributed by atoms with Gasteiger partial charge in [-0.3, -0.25) is 4.84 Å². The summed E-state index contributed by atoms with van der Waals surface area (Å²) in [6.45, 7) is 9.07. The van der Waals surface area contributed by atoms with Crippen LogP contribution in [0.15, 0.2) is 12.2 Å². The smallest absolute Gasteiger partial charge is 0.333 e. The van der Waals surface area contributed by atoms with Gasteiger partial charge in [0.2, 0.25) is 0 Å². The largest absolute Gasteiger partial charge is 0.460 e. The van der Waals surface area contributed by atoms with E-state index < -0.39 is 0 Å². The Kier molecular flexibility index (Phi) is 8.57. The van der Waals surface area contributed by atoms with E-state index in [1.165, 1.54) is 25.7 Å². The van der Waals surface area contributed by atoms with E-state index in [0.29, 0.717) is 17.4 Å². The quantitative estimate of drug-likeness (QED) is 0.388. The first-order valence-corrected chi connectivity index (χ1v) is 7.98. The zero-order valence-corrected chi connectivity index (χ0v) is 13.4. The van der Waals surface area contributed by atoms with Crippen LogP contribution >= 0.6 is 0 Å². The minimum absolute atomic E-state index is 0.123. The van der Waals surface area contributed by atoms with Crippen molar-refractivity contribution in [2.24, 2.45) is 17.6 Å². The molecule has 1 rings (SSSR count). The maximum atomic E-state index is 11.3. The highest BCUT2D eigenvalue weighted by molar-refractivity contribution is 5.86. The average Bonchev–Trinajstić information content (AvgIpc) is 2.50. The van der Waals surface area contributed by atoms with Gasteiger partial charge in [-0.15, -0.1) is 0 Å². The minimum Gasteiger partial charge on any atom is -0.460 e. The highest BCUT2D eigenvalue weighted by Crippen LogP contribution is 2.27. The zero-order chi connectivity index (χ0) is 15.7. The first kappa shape index (κ1) is 18.1. The molecule has 1 aliphatic rings. The van der Waals surface area contributed by atoms with Crippen LogP contribution in [0, 0.1) is 11.8 Å². The predicted octanol–water partition coefficient (Wildman–Crippen LogP) is 2.17. The van der Waals surface area contributed by atoms with Gasteiger partial charge < -0.3 is 10.5 Å². The summed E-state index contributed by atoms with van der Waals surface area (Å²) in [5.74, 6) is 0.918. The van der Waals surface area contributed by atoms with Crippen LogP contribution in [-0.2, 0) is 14.4 Å². The average molecular weight is 298 g/mol. The highest BCUT2D eigenvalue weighted by atomic mass is 16.7. The number of esters is 1. The van der Waals surface area contributed by atoms with Crippen molar-refractivity contribution in [1.29, 1.82) is 0 Å². The summed E-state index contributed by atoms with van der Waals surface area (Å²) in [6, 6.07) is 0. The maximum Gasteiger partial charge on any atom is 0.333 e. The van der Waals surface area contributed by atoms with E-state index in [-0.39, 0.29) is 18.7 Å². The number of carbonyl (C=O) groups is 1. The lowest BCUT2D eigenvalue weighted by atomic mass is 9.81. The Morgan fingerprint density at radius 2 is 2.14 bits per heavy atom. The standard InChI is InChI=1S/C16H30N2O3/c1-4-15(11-20-16(19)12(2)3)21-18-10-14-7-5-6-13(8-14)9-17/h13-15,18H,2,4-11,17H2,1,3H3. The molecular formula is C16H30N2O3. The molecular weight excluding hydrogens is 268 g/mol. The van der Waals surface area contributed by atoms with Gasteiger partial charge in [0.1, 0.15) is 12.7 Å². The molecule has 122 valence electrons. The zero-order valence-electron chi connectivity index (χ0n) is 13.4. The van der Waals surface area contributed by atoms with Crippen LogP contribution in [0.3, 0.4) is 0 Å². The summed E-state index contributed by atoms with van der Waals surface area (Å²) in [7, 11) is 0. The number of carbonyl (C=O) groups excluding carboxylic acids is 1. The summed E-state index contributed by atoms with van der Waals surface area (Å²) in [5.41, 5.74) is 9.21. The van der Waals surface area contributed by atoms with Crippen molar-refractivity contribution in [3.63, 3.8) is 0 Å². The van der Waals surface area contributed by atoms with Crippen molar-refractivity contribution in [2.45, 2.75) is 52.1 Å². The highest BCUT2D eigenvalue weighted by Gasteiger charge is 2.21. The lowest BCUT2D eigenvalue weighted by Gasteiger charge is -2.28. The molecule has 0 spiro atoms. The Morgan fingerprint density at radius 1 is 1.43 bits per heavy atom. The summed E-state index contributed by atoms with van der Waals surface area (Å²) in [6.07, 6.45) is 5.57. The van der Waals surface area contributed by atoms with E-state index in [0.717, 1.165) is 19.5 Å². The minimum atomic E-state index is -0.366. The number of nitrogens with one attached hydrogen (secondary N) is 1. The fourth-order valence-corrected chi connectivity index (χ4v) is 2.61. The Morgan fingerprint density at radius 3 is 2.76 bits per heavy atom. The fraction of sp³-hybridized carbons (Fsp3) is 0.812. The van der Waals surface area contributed by atoms with Crippen molar-refractivity contribution in [2.75, 3.05) is 19.7 Å². The van der Waals surface area contributed by atoms with Crippen LogP contribution in [0.4, 0.5) is 0 Å². The summed E-state index contributed by atoms with van der Waals surface area (Å²) in [5, 5.41) is 0. The molecule has 0 saturated heterocycles. The van der Waals surface area contributed by atoms with Crippen molar-refractivity contribution in [3.05, 3.63) is 12.2 Å². The predicted molar refractivity (Wildman–Crippen MR) is 83.4 cm³/mol. The molecule has 1 saturated carbocycles. The van der Waals surface area contributed by atoms with Gasteiger partial charge in [0, 0.05) is 12.1 Å². The molecule has 0 heterocycles. The van der Waals surface area contributed by atoms with E-state index in [9.17, 15) is 4.79 Å². The first-order valence-electron chi connectivity index (χ1n) is 7.98. The number of ether oxygens (including phenoxy) is 1. The first-order chi connectivity index (χ1) is 10.1. The van der Waals surface area contributed by atoms with Crippen LogP contribution in [0.5, 0.6) is 0 Å². The number of hydrogen-bond donors (Lipinski definition) is 2. The molecule has 0 bridgehead atoms. The molecule has 0 radical (unpaired) electrons. The second-order valence-electron chi connectivity index (χ2n) is 6.01. The van der Waals surface area contributed by atoms with Crippen LogP contribution in [0.25, 0.3) is 0 Å². The molecule has 0 aromatic carbocycles. The van der Waals surface area contributed by atoms with Gasteiger partial charge in [-0.05, 0) is 51.0 Å². The third-order valence-electron chi connectivity index (χ3n) is 4.05. The topological polar surface area (TPSA) is 73.6 Å². The normalized spacial score (nSPS) is 23.6. The number of hydrogen-bond acceptors (Lipinski definition) is 5. The SMILES string of the molecule is C=C(C)C(=O)OCC(CC)ONCC1CCCC(CN)C1. The van der Waals surface area contributed by atoms with Crippen molar-refractivity contribution in [3.8, 4) is 0 Å². The van der Waals surface area contributed by atoms with E-state index in [4.69, 9.17) is 15.3 Å².